The molecule has 0 radical (unpaired) electrons. The SMILES string of the molecule is NS(=O)(=O)NCCn1nnnc1SCC1=C(C(=O)O)N2C(=O)C(NC(=O)CSC(F)(F)F)[C@H]2SC1.[H-].[Na+]. The van der Waals surface area contributed by atoms with Crippen molar-refractivity contribution in [3.8, 4) is 0 Å². The molecule has 3 heterocycles. The number of hydrogen-bond donors (Lipinski definition) is 4. The summed E-state index contributed by atoms with van der Waals surface area (Å²) in [6.45, 7) is -0.0407. The van der Waals surface area contributed by atoms with Crippen molar-refractivity contribution in [3.63, 3.8) is 0 Å². The number of aliphatic carboxylic acids is 1. The fourth-order valence-electron chi connectivity index (χ4n) is 3.04. The zero-order chi connectivity index (χ0) is 26.0. The van der Waals surface area contributed by atoms with Crippen molar-refractivity contribution in [2.75, 3.05) is 23.8 Å². The Kier molecular flexibility index (Phi) is 10.9. The molecular weight excluding hydrogens is 584 g/mol. The van der Waals surface area contributed by atoms with E-state index >= 15 is 0 Å². The van der Waals surface area contributed by atoms with Gasteiger partial charge in [0.15, 0.2) is 0 Å². The normalized spacial score (nSPS) is 19.9. The average Bonchev–Trinajstić information content (AvgIpc) is 3.19. The fraction of sp³-hybridized carbons (Fsp3) is 0.571. The molecule has 2 atom stereocenters. The van der Waals surface area contributed by atoms with E-state index in [1.54, 1.807) is 0 Å². The van der Waals surface area contributed by atoms with E-state index in [1.807, 2.05) is 0 Å². The first-order valence-electron chi connectivity index (χ1n) is 9.33. The maximum Gasteiger partial charge on any atom is 1.00 e. The molecule has 14 nitrogen and oxygen atoms in total. The largest absolute Gasteiger partial charge is 1.00 e. The molecule has 0 aliphatic carbocycles. The number of alkyl halides is 3. The molecule has 36 heavy (non-hydrogen) atoms. The summed E-state index contributed by atoms with van der Waals surface area (Å²) in [6, 6.07) is -1.14. The van der Waals surface area contributed by atoms with E-state index in [1.165, 1.54) is 4.68 Å². The zero-order valence-corrected chi connectivity index (χ0v) is 23.5. The summed E-state index contributed by atoms with van der Waals surface area (Å²) in [5, 5.41) is 27.3. The van der Waals surface area contributed by atoms with Crippen LogP contribution in [0.15, 0.2) is 16.4 Å². The molecule has 0 saturated carbocycles. The first-order chi connectivity index (χ1) is 16.3. The summed E-state index contributed by atoms with van der Waals surface area (Å²) in [5.41, 5.74) is -4.51. The van der Waals surface area contributed by atoms with E-state index in [2.05, 4.69) is 25.6 Å². The van der Waals surface area contributed by atoms with Gasteiger partial charge in [0.1, 0.15) is 17.1 Å². The number of carbonyl (C=O) groups excluding carboxylic acids is 2. The van der Waals surface area contributed by atoms with Crippen molar-refractivity contribution in [2.24, 2.45) is 5.14 Å². The summed E-state index contributed by atoms with van der Waals surface area (Å²) >= 11 is 1.67. The van der Waals surface area contributed by atoms with Crippen LogP contribution in [0.2, 0.25) is 0 Å². The number of carboxylic acids is 1. The summed E-state index contributed by atoms with van der Waals surface area (Å²) in [5.74, 6) is -3.79. The molecule has 22 heteroatoms. The van der Waals surface area contributed by atoms with Crippen LogP contribution in [0.5, 0.6) is 0 Å². The quantitative estimate of drug-likeness (QED) is 0.108. The molecule has 5 N–H and O–H groups in total. The van der Waals surface area contributed by atoms with E-state index < -0.39 is 62.4 Å². The Bertz CT molecular complexity index is 1160. The van der Waals surface area contributed by atoms with Gasteiger partial charge in [0, 0.05) is 18.1 Å². The molecular formula is C14H18F3N8NaO6S4. The van der Waals surface area contributed by atoms with E-state index in [0.29, 0.717) is 5.57 Å². The van der Waals surface area contributed by atoms with Gasteiger partial charge in [0.2, 0.25) is 11.1 Å². The van der Waals surface area contributed by atoms with Gasteiger partial charge in [0.05, 0.1) is 12.3 Å². The number of fused-ring (bicyclic) bond motifs is 1. The minimum atomic E-state index is -4.60. The van der Waals surface area contributed by atoms with Crippen LogP contribution in [0.1, 0.15) is 1.43 Å². The number of nitrogens with one attached hydrogen (secondary N) is 2. The summed E-state index contributed by atoms with van der Waals surface area (Å²) in [7, 11) is -3.90. The van der Waals surface area contributed by atoms with Crippen molar-refractivity contribution in [3.05, 3.63) is 11.3 Å². The van der Waals surface area contributed by atoms with Crippen LogP contribution in [0.25, 0.3) is 0 Å². The maximum absolute atomic E-state index is 12.5. The van der Waals surface area contributed by atoms with Crippen LogP contribution in [0.4, 0.5) is 13.2 Å². The van der Waals surface area contributed by atoms with Crippen molar-refractivity contribution in [1.82, 2.24) is 35.1 Å². The zero-order valence-electron chi connectivity index (χ0n) is 19.3. The van der Waals surface area contributed by atoms with E-state index in [-0.39, 0.29) is 66.4 Å². The molecule has 0 spiro atoms. The third-order valence-corrected chi connectivity index (χ3v) is 8.16. The molecule has 2 aliphatic heterocycles. The second kappa shape index (κ2) is 12.7. The minimum Gasteiger partial charge on any atom is -1.00 e. The van der Waals surface area contributed by atoms with Gasteiger partial charge in [-0.25, -0.2) is 19.3 Å². The number of hydrogen-bond acceptors (Lipinski definition) is 11. The van der Waals surface area contributed by atoms with Crippen LogP contribution >= 0.6 is 35.3 Å². The number of amides is 2. The summed E-state index contributed by atoms with van der Waals surface area (Å²) < 4.78 is 62.1. The van der Waals surface area contributed by atoms with Gasteiger partial charge in [-0.05, 0) is 27.8 Å². The number of aromatic nitrogens is 4. The Morgan fingerprint density at radius 3 is 2.67 bits per heavy atom. The summed E-state index contributed by atoms with van der Waals surface area (Å²) in [4.78, 5) is 37.2. The smallest absolute Gasteiger partial charge is 1.00 e. The number of tetrazole rings is 1. The Hall–Kier alpha value is -1.07. The summed E-state index contributed by atoms with van der Waals surface area (Å²) in [6.07, 6.45) is 0. The van der Waals surface area contributed by atoms with Gasteiger partial charge in [0.25, 0.3) is 16.1 Å². The van der Waals surface area contributed by atoms with Gasteiger partial charge in [-0.2, -0.15) is 21.6 Å². The van der Waals surface area contributed by atoms with Gasteiger partial charge < -0.3 is 11.8 Å². The topological polar surface area (TPSA) is 202 Å². The molecule has 3 rings (SSSR count). The number of carboxylic acid groups (broad SMARTS) is 1. The van der Waals surface area contributed by atoms with Gasteiger partial charge in [-0.3, -0.25) is 14.5 Å². The van der Waals surface area contributed by atoms with Gasteiger partial charge in [-0.15, -0.1) is 16.9 Å². The van der Waals surface area contributed by atoms with Crippen LogP contribution < -0.4 is 44.7 Å². The second-order valence-electron chi connectivity index (χ2n) is 6.86. The first-order valence-corrected chi connectivity index (χ1v) is 13.9. The number of β-lactam (4-membered cyclic amide) rings is 1. The number of nitrogens with two attached hydrogens (primary N) is 1. The minimum absolute atomic E-state index is 0. The number of thioether (sulfide) groups is 3. The van der Waals surface area contributed by atoms with Gasteiger partial charge in [-0.1, -0.05) is 11.8 Å². The molecule has 0 bridgehead atoms. The van der Waals surface area contributed by atoms with Crippen molar-refractivity contribution >= 4 is 63.3 Å². The number of nitrogens with zero attached hydrogens (tertiary/aromatic N) is 5. The average molecular weight is 603 g/mol. The molecule has 1 saturated heterocycles. The van der Waals surface area contributed by atoms with E-state index in [4.69, 9.17) is 5.14 Å². The van der Waals surface area contributed by atoms with Crippen LogP contribution in [0, 0.1) is 0 Å². The third-order valence-electron chi connectivity index (χ3n) is 4.43. The van der Waals surface area contributed by atoms with Crippen LogP contribution in [-0.4, -0.2) is 97.1 Å². The molecule has 0 aromatic carbocycles. The number of halogens is 3. The van der Waals surface area contributed by atoms with Crippen molar-refractivity contribution < 1.29 is 72.1 Å². The Morgan fingerprint density at radius 2 is 2.06 bits per heavy atom. The molecule has 2 amide bonds. The first kappa shape index (κ1) is 31.1. The Labute approximate surface area is 238 Å². The molecule has 1 fully saturated rings. The van der Waals surface area contributed by atoms with Crippen molar-refractivity contribution in [2.45, 2.75) is 28.6 Å². The van der Waals surface area contributed by atoms with Crippen LogP contribution in [-0.2, 0) is 31.1 Å². The maximum atomic E-state index is 12.5. The second-order valence-corrected chi connectivity index (χ2v) is 11.3. The standard InChI is InChI=1S/C14H17F3N8O6S4.Na.H/c15-14(16,17)34-5-7(26)20-8-10(27)25-9(12(28)29)6(3-32-11(8)25)4-33-13-21-22-23-24(13)2-1-19-35(18,30)31;;/h8,11,19H,1-5H2,(H,20,26)(H,28,29)(H2,18,30,31);;/q;+1;-1/t8?,11-;;/m1../s1. The van der Waals surface area contributed by atoms with E-state index in [9.17, 15) is 41.1 Å². The van der Waals surface area contributed by atoms with Crippen molar-refractivity contribution in [1.29, 1.82) is 0 Å². The van der Waals surface area contributed by atoms with E-state index in [0.717, 1.165) is 28.4 Å². The number of rotatable bonds is 11. The predicted octanol–water partition coefficient (Wildman–Crippen LogP) is -4.33. The van der Waals surface area contributed by atoms with Crippen LogP contribution in [0.3, 0.4) is 0 Å². The Balaban J connectivity index is 0.00000342. The fourth-order valence-corrected chi connectivity index (χ4v) is 6.18. The Morgan fingerprint density at radius 1 is 1.36 bits per heavy atom. The molecule has 1 aromatic heterocycles. The van der Waals surface area contributed by atoms with Gasteiger partial charge >= 0.3 is 41.0 Å². The predicted molar refractivity (Wildman–Crippen MR) is 119 cm³/mol. The molecule has 196 valence electrons. The molecule has 2 aliphatic rings. The molecule has 1 aromatic rings. The molecule has 1 unspecified atom stereocenters. The number of carbonyl (C=O) groups is 3. The monoisotopic (exact) mass is 602 g/mol. The third kappa shape index (κ3) is 8.21.